The predicted octanol–water partition coefficient (Wildman–Crippen LogP) is 3.05. The lowest BCUT2D eigenvalue weighted by Crippen LogP contribution is -2.48. The van der Waals surface area contributed by atoms with Crippen LogP contribution in [0.5, 0.6) is 0 Å². The first-order valence-electron chi connectivity index (χ1n) is 9.72. The van der Waals surface area contributed by atoms with E-state index in [-0.39, 0.29) is 5.91 Å². The minimum absolute atomic E-state index is 0.0864. The van der Waals surface area contributed by atoms with Crippen LogP contribution < -0.4 is 9.80 Å². The lowest BCUT2D eigenvalue weighted by atomic mass is 10.1. The van der Waals surface area contributed by atoms with Crippen molar-refractivity contribution in [3.8, 4) is 17.3 Å². The number of fused-ring (bicyclic) bond motifs is 1. The molecule has 1 saturated carbocycles. The fraction of sp³-hybridized carbons (Fsp3) is 0.333. The van der Waals surface area contributed by atoms with Gasteiger partial charge in [0.25, 0.3) is 0 Å². The van der Waals surface area contributed by atoms with Gasteiger partial charge in [-0.2, -0.15) is 4.98 Å². The van der Waals surface area contributed by atoms with Crippen molar-refractivity contribution in [3.05, 3.63) is 48.9 Å². The van der Waals surface area contributed by atoms with Crippen molar-refractivity contribution >= 4 is 17.4 Å². The molecule has 0 saturated heterocycles. The molecular weight excluding hydrogens is 352 g/mol. The number of anilines is 2. The first-order valence-corrected chi connectivity index (χ1v) is 9.72. The summed E-state index contributed by atoms with van der Waals surface area (Å²) in [6.07, 6.45) is 10.0. The Kier molecular flexibility index (Phi) is 4.07. The van der Waals surface area contributed by atoms with Crippen molar-refractivity contribution in [2.45, 2.75) is 31.7 Å². The molecule has 7 nitrogen and oxygen atoms in total. The molecular formula is C21H22N6O. The van der Waals surface area contributed by atoms with Crippen molar-refractivity contribution in [1.29, 1.82) is 0 Å². The molecule has 1 amide bonds. The van der Waals surface area contributed by atoms with Gasteiger partial charge in [0.2, 0.25) is 11.9 Å². The highest BCUT2D eigenvalue weighted by atomic mass is 16.2. The summed E-state index contributed by atoms with van der Waals surface area (Å²) in [4.78, 5) is 30.3. The molecule has 1 aromatic carbocycles. The number of nitrogens with zero attached hydrogens (tertiary/aromatic N) is 6. The van der Waals surface area contributed by atoms with E-state index in [1.165, 1.54) is 12.8 Å². The van der Waals surface area contributed by atoms with Gasteiger partial charge in [-0.1, -0.05) is 43.2 Å². The maximum atomic E-state index is 12.5. The van der Waals surface area contributed by atoms with E-state index in [9.17, 15) is 4.79 Å². The first kappa shape index (κ1) is 16.9. The van der Waals surface area contributed by atoms with E-state index in [0.29, 0.717) is 18.5 Å². The topological polar surface area (TPSA) is 67.2 Å². The van der Waals surface area contributed by atoms with E-state index >= 15 is 0 Å². The normalized spacial score (nSPS) is 17.2. The number of aromatic nitrogens is 4. The van der Waals surface area contributed by atoms with Gasteiger partial charge in [0.1, 0.15) is 11.5 Å². The molecule has 3 aromatic rings. The molecule has 28 heavy (non-hydrogen) atoms. The van der Waals surface area contributed by atoms with Gasteiger partial charge < -0.3 is 9.80 Å². The van der Waals surface area contributed by atoms with E-state index in [4.69, 9.17) is 4.98 Å². The number of carbonyl (C=O) groups excluding carboxylic acids is 1. The Labute approximate surface area is 163 Å². The van der Waals surface area contributed by atoms with Crippen LogP contribution >= 0.6 is 0 Å². The van der Waals surface area contributed by atoms with Crippen LogP contribution in [-0.2, 0) is 4.79 Å². The third kappa shape index (κ3) is 2.74. The van der Waals surface area contributed by atoms with Crippen molar-refractivity contribution in [2.24, 2.45) is 0 Å². The van der Waals surface area contributed by atoms with Crippen LogP contribution in [0.1, 0.15) is 25.7 Å². The fourth-order valence-corrected chi connectivity index (χ4v) is 4.17. The van der Waals surface area contributed by atoms with E-state index in [2.05, 4.69) is 14.9 Å². The quantitative estimate of drug-likeness (QED) is 0.705. The van der Waals surface area contributed by atoms with E-state index in [1.807, 2.05) is 41.1 Å². The molecule has 5 rings (SSSR count). The second kappa shape index (κ2) is 6.74. The van der Waals surface area contributed by atoms with Gasteiger partial charge in [-0.25, -0.2) is 9.97 Å². The van der Waals surface area contributed by atoms with Crippen molar-refractivity contribution in [1.82, 2.24) is 19.5 Å². The summed E-state index contributed by atoms with van der Waals surface area (Å²) in [5, 5.41) is 0. The van der Waals surface area contributed by atoms with Crippen LogP contribution in [-0.4, -0.2) is 45.1 Å². The number of rotatable bonds is 3. The van der Waals surface area contributed by atoms with Crippen LogP contribution in [0.4, 0.5) is 11.5 Å². The molecule has 2 aromatic heterocycles. The lowest BCUT2D eigenvalue weighted by molar-refractivity contribution is -0.117. The molecule has 0 spiro atoms. The molecule has 2 aliphatic rings. The zero-order valence-corrected chi connectivity index (χ0v) is 15.8. The van der Waals surface area contributed by atoms with Crippen LogP contribution in [0.3, 0.4) is 0 Å². The highest BCUT2D eigenvalue weighted by Crippen LogP contribution is 2.36. The molecule has 1 fully saturated rings. The Hall–Kier alpha value is -3.22. The highest BCUT2D eigenvalue weighted by Gasteiger charge is 2.34. The average molecular weight is 374 g/mol. The highest BCUT2D eigenvalue weighted by molar-refractivity contribution is 6.01. The van der Waals surface area contributed by atoms with Crippen molar-refractivity contribution in [2.75, 3.05) is 23.4 Å². The minimum atomic E-state index is 0.0864. The van der Waals surface area contributed by atoms with Crippen molar-refractivity contribution < 1.29 is 4.79 Å². The van der Waals surface area contributed by atoms with Gasteiger partial charge in [0, 0.05) is 31.0 Å². The summed E-state index contributed by atoms with van der Waals surface area (Å²) >= 11 is 0. The molecule has 0 radical (unpaired) electrons. The molecule has 0 bridgehead atoms. The zero-order valence-electron chi connectivity index (χ0n) is 15.8. The minimum Gasteiger partial charge on any atom is -0.342 e. The Bertz CT molecular complexity index is 1010. The number of benzene rings is 1. The maximum absolute atomic E-state index is 12.5. The maximum Gasteiger partial charge on any atom is 0.246 e. The number of hydrogen-bond acceptors (Lipinski definition) is 5. The summed E-state index contributed by atoms with van der Waals surface area (Å²) in [5.41, 5.74) is 1.78. The third-order valence-electron chi connectivity index (χ3n) is 5.70. The largest absolute Gasteiger partial charge is 0.342 e. The SMILES string of the molecule is CN1C(=O)CN(C2CCCC2)c2nc(-n3ccnc3-c3ccccc3)ncc21. The molecule has 3 heterocycles. The summed E-state index contributed by atoms with van der Waals surface area (Å²) in [6.45, 7) is 0.375. The standard InChI is InChI=1S/C21H22N6O/c1-25-17-13-23-21(26-12-11-22-19(26)15-7-3-2-4-8-15)24-20(17)27(14-18(25)28)16-9-5-6-10-16/h2-4,7-8,11-13,16H,5-6,9-10,14H2,1H3. The van der Waals surface area contributed by atoms with E-state index in [0.717, 1.165) is 35.7 Å². The lowest BCUT2D eigenvalue weighted by Gasteiger charge is -2.37. The van der Waals surface area contributed by atoms with Gasteiger partial charge in [0.15, 0.2) is 5.82 Å². The van der Waals surface area contributed by atoms with Crippen LogP contribution in [0, 0.1) is 0 Å². The molecule has 0 unspecified atom stereocenters. The van der Waals surface area contributed by atoms with Gasteiger partial charge in [-0.15, -0.1) is 0 Å². The van der Waals surface area contributed by atoms with Crippen LogP contribution in [0.25, 0.3) is 17.3 Å². The molecule has 142 valence electrons. The van der Waals surface area contributed by atoms with E-state index in [1.54, 1.807) is 24.3 Å². The van der Waals surface area contributed by atoms with Crippen molar-refractivity contribution in [3.63, 3.8) is 0 Å². The summed E-state index contributed by atoms with van der Waals surface area (Å²) in [6, 6.07) is 10.4. The Morgan fingerprint density at radius 2 is 1.86 bits per heavy atom. The van der Waals surface area contributed by atoms with E-state index < -0.39 is 0 Å². The molecule has 1 aliphatic carbocycles. The molecule has 7 heteroatoms. The second-order valence-corrected chi connectivity index (χ2v) is 7.38. The Morgan fingerprint density at radius 3 is 2.64 bits per heavy atom. The van der Waals surface area contributed by atoms with Gasteiger partial charge in [-0.05, 0) is 12.8 Å². The number of imidazole rings is 1. The average Bonchev–Trinajstić information content (AvgIpc) is 3.43. The zero-order chi connectivity index (χ0) is 19.1. The summed E-state index contributed by atoms with van der Waals surface area (Å²) in [5.74, 6) is 2.30. The Balaban J connectivity index is 1.60. The first-order chi connectivity index (χ1) is 13.7. The second-order valence-electron chi connectivity index (χ2n) is 7.38. The monoisotopic (exact) mass is 374 g/mol. The molecule has 1 aliphatic heterocycles. The Morgan fingerprint density at radius 1 is 1.07 bits per heavy atom. The fourth-order valence-electron chi connectivity index (χ4n) is 4.17. The molecule has 0 N–H and O–H groups in total. The number of likely N-dealkylation sites (N-methyl/N-ethyl adjacent to an activating group) is 1. The number of hydrogen-bond donors (Lipinski definition) is 0. The van der Waals surface area contributed by atoms with Crippen LogP contribution in [0.2, 0.25) is 0 Å². The number of carbonyl (C=O) groups is 1. The summed E-state index contributed by atoms with van der Waals surface area (Å²) < 4.78 is 1.90. The summed E-state index contributed by atoms with van der Waals surface area (Å²) in [7, 11) is 1.79. The smallest absolute Gasteiger partial charge is 0.246 e. The van der Waals surface area contributed by atoms with Gasteiger partial charge >= 0.3 is 0 Å². The van der Waals surface area contributed by atoms with Gasteiger partial charge in [-0.3, -0.25) is 9.36 Å². The molecule has 0 atom stereocenters. The number of amides is 1. The predicted molar refractivity (Wildman–Crippen MR) is 108 cm³/mol. The van der Waals surface area contributed by atoms with Gasteiger partial charge in [0.05, 0.1) is 12.7 Å². The third-order valence-corrected chi connectivity index (χ3v) is 5.70. The van der Waals surface area contributed by atoms with Crippen LogP contribution in [0.15, 0.2) is 48.9 Å².